The Morgan fingerprint density at radius 1 is 0.971 bits per heavy atom. The molecule has 1 amide bonds. The van der Waals surface area contributed by atoms with E-state index in [1.807, 2.05) is 30.3 Å². The lowest BCUT2D eigenvalue weighted by Crippen LogP contribution is -2.38. The molecular weight excluding hydrogens is 456 g/mol. The van der Waals surface area contributed by atoms with Crippen molar-refractivity contribution < 1.29 is 27.9 Å². The van der Waals surface area contributed by atoms with E-state index in [-0.39, 0.29) is 22.9 Å². The van der Waals surface area contributed by atoms with E-state index in [1.165, 1.54) is 11.6 Å². The predicted molar refractivity (Wildman–Crippen MR) is 124 cm³/mol. The summed E-state index contributed by atoms with van der Waals surface area (Å²) in [5, 5.41) is 10.1. The average molecular weight is 481 g/mol. The van der Waals surface area contributed by atoms with E-state index in [4.69, 9.17) is 4.74 Å². The number of phenolic OH excluding ortho intramolecular Hbond substituents is 1. The zero-order chi connectivity index (χ0) is 24.1. The molecule has 0 saturated carbocycles. The predicted octanol–water partition coefficient (Wildman–Crippen LogP) is 2.61. The zero-order valence-corrected chi connectivity index (χ0v) is 19.1. The van der Waals surface area contributed by atoms with Crippen molar-refractivity contribution in [1.82, 2.24) is 9.62 Å². The molecule has 3 aromatic carbocycles. The van der Waals surface area contributed by atoms with Gasteiger partial charge in [0.1, 0.15) is 11.3 Å². The Kier molecular flexibility index (Phi) is 6.95. The van der Waals surface area contributed by atoms with Crippen molar-refractivity contribution in [3.63, 3.8) is 0 Å². The standard InChI is InChI=1S/C25H24N2O6S/c28-23-11-10-21(34(31,32)26-15-18-6-2-1-3-7-18)14-22(23)25(30)33-17-24(29)27-13-12-19-8-4-5-9-20(19)16-27/h1-11,14,26,28H,12-13,15-17H2. The molecule has 1 aliphatic rings. The summed E-state index contributed by atoms with van der Waals surface area (Å²) in [7, 11) is -3.95. The monoisotopic (exact) mass is 480 g/mol. The van der Waals surface area contributed by atoms with Crippen LogP contribution in [0.15, 0.2) is 77.7 Å². The second kappa shape index (κ2) is 10.1. The summed E-state index contributed by atoms with van der Waals surface area (Å²) in [5.41, 5.74) is 2.67. The smallest absolute Gasteiger partial charge is 0.342 e. The van der Waals surface area contributed by atoms with Crippen molar-refractivity contribution in [3.8, 4) is 5.75 Å². The Morgan fingerprint density at radius 2 is 1.68 bits per heavy atom. The van der Waals surface area contributed by atoms with E-state index >= 15 is 0 Å². The molecule has 1 aliphatic heterocycles. The van der Waals surface area contributed by atoms with Gasteiger partial charge in [0.25, 0.3) is 5.91 Å². The molecule has 8 nitrogen and oxygen atoms in total. The number of nitrogens with zero attached hydrogens (tertiary/aromatic N) is 1. The minimum atomic E-state index is -3.95. The number of carbonyl (C=O) groups is 2. The molecule has 4 rings (SSSR count). The van der Waals surface area contributed by atoms with Crippen LogP contribution in [0, 0.1) is 0 Å². The summed E-state index contributed by atoms with van der Waals surface area (Å²) >= 11 is 0. The fourth-order valence-electron chi connectivity index (χ4n) is 3.71. The first-order chi connectivity index (χ1) is 16.3. The van der Waals surface area contributed by atoms with Crippen LogP contribution in [0.3, 0.4) is 0 Å². The Balaban J connectivity index is 1.39. The van der Waals surface area contributed by atoms with Gasteiger partial charge in [0.2, 0.25) is 10.0 Å². The van der Waals surface area contributed by atoms with Crippen molar-refractivity contribution in [2.45, 2.75) is 24.4 Å². The maximum Gasteiger partial charge on any atom is 0.342 e. The van der Waals surface area contributed by atoms with E-state index in [1.54, 1.807) is 29.2 Å². The number of carbonyl (C=O) groups excluding carboxylic acids is 2. The fraction of sp³-hybridized carbons (Fsp3) is 0.200. The Labute approximate surface area is 197 Å². The first-order valence-corrected chi connectivity index (χ1v) is 12.2. The second-order valence-electron chi connectivity index (χ2n) is 7.90. The van der Waals surface area contributed by atoms with E-state index in [2.05, 4.69) is 4.72 Å². The normalized spacial score (nSPS) is 13.2. The lowest BCUT2D eigenvalue weighted by Gasteiger charge is -2.28. The van der Waals surface area contributed by atoms with Gasteiger partial charge in [-0.15, -0.1) is 0 Å². The number of fused-ring (bicyclic) bond motifs is 1. The number of aromatic hydroxyl groups is 1. The van der Waals surface area contributed by atoms with Crippen molar-refractivity contribution in [2.24, 2.45) is 0 Å². The van der Waals surface area contributed by atoms with Gasteiger partial charge in [0.05, 0.1) is 4.90 Å². The summed E-state index contributed by atoms with van der Waals surface area (Å²) in [6, 6.07) is 20.1. The quantitative estimate of drug-likeness (QED) is 0.503. The topological polar surface area (TPSA) is 113 Å². The van der Waals surface area contributed by atoms with Crippen molar-refractivity contribution >= 4 is 21.9 Å². The molecule has 0 radical (unpaired) electrons. The van der Waals surface area contributed by atoms with Gasteiger partial charge in [-0.05, 0) is 41.3 Å². The molecule has 0 bridgehead atoms. The van der Waals surface area contributed by atoms with Crippen LogP contribution in [0.25, 0.3) is 0 Å². The highest BCUT2D eigenvalue weighted by Crippen LogP contribution is 2.23. The van der Waals surface area contributed by atoms with Gasteiger partial charge in [0, 0.05) is 19.6 Å². The largest absolute Gasteiger partial charge is 0.507 e. The van der Waals surface area contributed by atoms with Crippen molar-refractivity contribution in [3.05, 3.63) is 95.1 Å². The highest BCUT2D eigenvalue weighted by molar-refractivity contribution is 7.89. The van der Waals surface area contributed by atoms with E-state index in [0.717, 1.165) is 23.3 Å². The number of nitrogens with one attached hydrogen (secondary N) is 1. The average Bonchev–Trinajstić information content (AvgIpc) is 2.86. The van der Waals surface area contributed by atoms with Crippen molar-refractivity contribution in [2.75, 3.05) is 13.2 Å². The zero-order valence-electron chi connectivity index (χ0n) is 18.3. The van der Waals surface area contributed by atoms with Crippen LogP contribution in [0.1, 0.15) is 27.0 Å². The molecule has 0 aliphatic carbocycles. The van der Waals surface area contributed by atoms with Gasteiger partial charge in [-0.1, -0.05) is 54.6 Å². The Morgan fingerprint density at radius 3 is 2.44 bits per heavy atom. The van der Waals surface area contributed by atoms with E-state index in [9.17, 15) is 23.1 Å². The Hall–Kier alpha value is -3.69. The second-order valence-corrected chi connectivity index (χ2v) is 9.67. The molecule has 0 atom stereocenters. The molecule has 34 heavy (non-hydrogen) atoms. The minimum absolute atomic E-state index is 0.0668. The van der Waals surface area contributed by atoms with Crippen LogP contribution >= 0.6 is 0 Å². The van der Waals surface area contributed by atoms with Gasteiger partial charge >= 0.3 is 5.97 Å². The number of hydrogen-bond acceptors (Lipinski definition) is 6. The van der Waals surface area contributed by atoms with Crippen LogP contribution in [0.4, 0.5) is 0 Å². The maximum absolute atomic E-state index is 12.7. The number of benzene rings is 3. The third-order valence-electron chi connectivity index (χ3n) is 5.62. The van der Waals surface area contributed by atoms with E-state index < -0.39 is 28.3 Å². The molecule has 1 heterocycles. The summed E-state index contributed by atoms with van der Waals surface area (Å²) in [6.45, 7) is 0.499. The molecule has 0 spiro atoms. The molecular formula is C25H24N2O6S. The summed E-state index contributed by atoms with van der Waals surface area (Å²) < 4.78 is 32.9. The first kappa shape index (κ1) is 23.5. The van der Waals surface area contributed by atoms with Crippen LogP contribution in [-0.4, -0.2) is 43.5 Å². The lowest BCUT2D eigenvalue weighted by molar-refractivity contribution is -0.135. The third kappa shape index (κ3) is 5.44. The number of hydrogen-bond donors (Lipinski definition) is 2. The Bertz CT molecular complexity index is 1310. The van der Waals surface area contributed by atoms with Gasteiger partial charge in [-0.2, -0.15) is 0 Å². The number of ether oxygens (including phenoxy) is 1. The number of esters is 1. The minimum Gasteiger partial charge on any atom is -0.507 e. The third-order valence-corrected chi connectivity index (χ3v) is 7.02. The number of phenols is 1. The van der Waals surface area contributed by atoms with Gasteiger partial charge < -0.3 is 14.7 Å². The number of sulfonamides is 1. The number of amides is 1. The summed E-state index contributed by atoms with van der Waals surface area (Å²) in [5.74, 6) is -1.79. The molecule has 2 N–H and O–H groups in total. The van der Waals surface area contributed by atoms with Crippen LogP contribution in [0.2, 0.25) is 0 Å². The fourth-order valence-corrected chi connectivity index (χ4v) is 4.75. The first-order valence-electron chi connectivity index (χ1n) is 10.7. The van der Waals surface area contributed by atoms with Gasteiger partial charge in [-0.3, -0.25) is 4.79 Å². The molecule has 176 valence electrons. The summed E-state index contributed by atoms with van der Waals surface area (Å²) in [4.78, 5) is 26.5. The van der Waals surface area contributed by atoms with Crippen LogP contribution in [-0.2, 0) is 39.1 Å². The summed E-state index contributed by atoms with van der Waals surface area (Å²) in [6.07, 6.45) is 0.715. The lowest BCUT2D eigenvalue weighted by atomic mass is 10.00. The molecule has 0 fully saturated rings. The maximum atomic E-state index is 12.7. The van der Waals surface area contributed by atoms with Crippen LogP contribution < -0.4 is 4.72 Å². The van der Waals surface area contributed by atoms with Gasteiger partial charge in [-0.25, -0.2) is 17.9 Å². The molecule has 0 unspecified atom stereocenters. The van der Waals surface area contributed by atoms with E-state index in [0.29, 0.717) is 19.5 Å². The highest BCUT2D eigenvalue weighted by atomic mass is 32.2. The molecule has 3 aromatic rings. The molecule has 0 saturated heterocycles. The molecule has 9 heteroatoms. The SMILES string of the molecule is O=C(OCC(=O)N1CCc2ccccc2C1)c1cc(S(=O)(=O)NCc2ccccc2)ccc1O. The highest BCUT2D eigenvalue weighted by Gasteiger charge is 2.24. The molecule has 0 aromatic heterocycles. The number of rotatable bonds is 7. The van der Waals surface area contributed by atoms with Crippen LogP contribution in [0.5, 0.6) is 5.75 Å². The van der Waals surface area contributed by atoms with Crippen molar-refractivity contribution in [1.29, 1.82) is 0 Å². The van der Waals surface area contributed by atoms with Gasteiger partial charge in [0.15, 0.2) is 6.61 Å².